The zero-order chi connectivity index (χ0) is 18.4. The van der Waals surface area contributed by atoms with E-state index in [1.807, 2.05) is 24.3 Å². The molecule has 0 amide bonds. The number of para-hydroxylation sites is 1. The number of hydrogen-bond donors (Lipinski definition) is 2. The monoisotopic (exact) mass is 366 g/mol. The number of nitrogens with one attached hydrogen (secondary N) is 2. The number of hydrogen-bond acceptors (Lipinski definition) is 3. The fourth-order valence-electron chi connectivity index (χ4n) is 2.68. The third-order valence-electron chi connectivity index (χ3n) is 4.04. The molecule has 3 rings (SSSR count). The Bertz CT molecular complexity index is 915. The second kappa shape index (κ2) is 8.49. The fourth-order valence-corrected chi connectivity index (χ4v) is 2.73. The van der Waals surface area contributed by atoms with Crippen LogP contribution in [0.1, 0.15) is 11.1 Å². The van der Waals surface area contributed by atoms with Gasteiger partial charge in [0.2, 0.25) is 0 Å². The number of ether oxygens (including phenoxy) is 1. The molecular weight excluding hydrogens is 344 g/mol. The van der Waals surface area contributed by atoms with Crippen LogP contribution in [-0.4, -0.2) is 29.5 Å². The van der Waals surface area contributed by atoms with Gasteiger partial charge < -0.3 is 14.6 Å². The van der Waals surface area contributed by atoms with Crippen LogP contribution in [0, 0.1) is 6.92 Å². The maximum atomic E-state index is 5.86. The number of nitrogens with zero attached hydrogens (tertiary/aromatic N) is 2. The van der Waals surface area contributed by atoms with E-state index in [4.69, 9.17) is 17.0 Å². The summed E-state index contributed by atoms with van der Waals surface area (Å²) in [7, 11) is 1.75. The van der Waals surface area contributed by atoms with E-state index in [2.05, 4.69) is 57.8 Å². The number of aromatic nitrogens is 1. The molecule has 0 atom stereocenters. The molecule has 0 saturated heterocycles. The van der Waals surface area contributed by atoms with Crippen molar-refractivity contribution in [2.75, 3.05) is 13.7 Å². The molecule has 0 fully saturated rings. The first-order chi connectivity index (χ1) is 12.7. The van der Waals surface area contributed by atoms with Gasteiger partial charge in [0.1, 0.15) is 12.4 Å². The average Bonchev–Trinajstić information content (AvgIpc) is 3.01. The average molecular weight is 366 g/mol. The van der Waals surface area contributed by atoms with Crippen LogP contribution < -0.4 is 15.5 Å². The molecule has 0 aliphatic rings. The molecule has 0 spiro atoms. The van der Waals surface area contributed by atoms with Gasteiger partial charge in [-0.15, -0.1) is 0 Å². The Morgan fingerprint density at radius 1 is 1.19 bits per heavy atom. The van der Waals surface area contributed by atoms with E-state index in [1.54, 1.807) is 13.3 Å². The molecule has 3 aromatic rings. The maximum Gasteiger partial charge on any atom is 0.186 e. The molecule has 2 aromatic carbocycles. The van der Waals surface area contributed by atoms with Gasteiger partial charge in [-0.25, -0.2) is 0 Å². The van der Waals surface area contributed by atoms with Gasteiger partial charge in [-0.1, -0.05) is 35.9 Å². The lowest BCUT2D eigenvalue weighted by Crippen LogP contribution is -2.28. The van der Waals surface area contributed by atoms with Gasteiger partial charge in [0.05, 0.1) is 12.8 Å². The lowest BCUT2D eigenvalue weighted by molar-refractivity contribution is 0.300. The van der Waals surface area contributed by atoms with Gasteiger partial charge in [0, 0.05) is 29.7 Å². The van der Waals surface area contributed by atoms with Crippen LogP contribution in [0.2, 0.25) is 0 Å². The first-order valence-corrected chi connectivity index (χ1v) is 8.86. The van der Waals surface area contributed by atoms with E-state index >= 15 is 0 Å². The third kappa shape index (κ3) is 4.40. The Morgan fingerprint density at radius 3 is 2.73 bits per heavy atom. The van der Waals surface area contributed by atoms with Crippen molar-refractivity contribution in [1.29, 1.82) is 0 Å². The maximum absolute atomic E-state index is 5.86. The SMILES string of the molecule is CNC(=S)N/N=C\c1cn(CCOc2ccc(C)cc2)c2ccccc12. The number of fused-ring (bicyclic) bond motifs is 1. The van der Waals surface area contributed by atoms with Gasteiger partial charge in [0.25, 0.3) is 0 Å². The molecule has 0 aliphatic carbocycles. The summed E-state index contributed by atoms with van der Waals surface area (Å²) in [4.78, 5) is 0. The Hall–Kier alpha value is -2.86. The van der Waals surface area contributed by atoms with Crippen LogP contribution in [0.3, 0.4) is 0 Å². The smallest absolute Gasteiger partial charge is 0.186 e. The second-order valence-corrected chi connectivity index (χ2v) is 6.31. The molecule has 0 bridgehead atoms. The van der Waals surface area contributed by atoms with E-state index in [1.165, 1.54) is 5.56 Å². The van der Waals surface area contributed by atoms with Gasteiger partial charge in [-0.2, -0.15) is 5.10 Å². The highest BCUT2D eigenvalue weighted by Crippen LogP contribution is 2.20. The van der Waals surface area contributed by atoms with Crippen molar-refractivity contribution in [2.24, 2.45) is 5.10 Å². The van der Waals surface area contributed by atoms with Gasteiger partial charge in [0.15, 0.2) is 5.11 Å². The van der Waals surface area contributed by atoms with Crippen LogP contribution in [0.25, 0.3) is 10.9 Å². The summed E-state index contributed by atoms with van der Waals surface area (Å²) in [6.07, 6.45) is 3.86. The summed E-state index contributed by atoms with van der Waals surface area (Å²) in [5.74, 6) is 0.888. The molecule has 5 nitrogen and oxygen atoms in total. The second-order valence-electron chi connectivity index (χ2n) is 5.91. The number of hydrazone groups is 1. The molecule has 2 N–H and O–H groups in total. The summed E-state index contributed by atoms with van der Waals surface area (Å²) < 4.78 is 8.04. The number of rotatable bonds is 6. The summed E-state index contributed by atoms with van der Waals surface area (Å²) in [6, 6.07) is 16.4. The molecule has 1 heterocycles. The molecule has 0 saturated carbocycles. The molecule has 0 aliphatic heterocycles. The van der Waals surface area contributed by atoms with Crippen molar-refractivity contribution < 1.29 is 4.74 Å². The minimum absolute atomic E-state index is 0.483. The molecule has 6 heteroatoms. The van der Waals surface area contributed by atoms with Crippen molar-refractivity contribution >= 4 is 34.4 Å². The lowest BCUT2D eigenvalue weighted by Gasteiger charge is -2.08. The minimum Gasteiger partial charge on any atom is -0.492 e. The van der Waals surface area contributed by atoms with Crippen LogP contribution in [0.4, 0.5) is 0 Å². The quantitative estimate of drug-likeness (QED) is 0.399. The zero-order valence-electron chi connectivity index (χ0n) is 14.9. The van der Waals surface area contributed by atoms with Gasteiger partial charge in [-0.05, 0) is 37.3 Å². The Balaban J connectivity index is 1.71. The van der Waals surface area contributed by atoms with Crippen LogP contribution >= 0.6 is 12.2 Å². The first kappa shape index (κ1) is 17.9. The molecular formula is C20H22N4OS. The molecule has 26 heavy (non-hydrogen) atoms. The minimum atomic E-state index is 0.483. The predicted molar refractivity (Wildman–Crippen MR) is 111 cm³/mol. The van der Waals surface area contributed by atoms with Crippen molar-refractivity contribution in [2.45, 2.75) is 13.5 Å². The summed E-state index contributed by atoms with van der Waals surface area (Å²) in [6.45, 7) is 3.42. The van der Waals surface area contributed by atoms with Crippen LogP contribution in [0.5, 0.6) is 5.75 Å². The topological polar surface area (TPSA) is 50.6 Å². The Labute approximate surface area is 158 Å². The normalized spacial score (nSPS) is 11.0. The molecule has 0 unspecified atom stereocenters. The molecule has 0 radical (unpaired) electrons. The first-order valence-electron chi connectivity index (χ1n) is 8.45. The van der Waals surface area contributed by atoms with E-state index in [9.17, 15) is 0 Å². The van der Waals surface area contributed by atoms with E-state index in [-0.39, 0.29) is 0 Å². The van der Waals surface area contributed by atoms with Crippen LogP contribution in [0.15, 0.2) is 59.8 Å². The molecule has 134 valence electrons. The fraction of sp³-hybridized carbons (Fsp3) is 0.200. The highest BCUT2D eigenvalue weighted by atomic mass is 32.1. The number of aryl methyl sites for hydroxylation is 1. The third-order valence-corrected chi connectivity index (χ3v) is 4.33. The molecule has 1 aromatic heterocycles. The summed E-state index contributed by atoms with van der Waals surface area (Å²) in [5.41, 5.74) is 6.19. The highest BCUT2D eigenvalue weighted by molar-refractivity contribution is 7.80. The van der Waals surface area contributed by atoms with E-state index < -0.39 is 0 Å². The van der Waals surface area contributed by atoms with Gasteiger partial charge in [-0.3, -0.25) is 5.43 Å². The summed E-state index contributed by atoms with van der Waals surface area (Å²) >= 11 is 5.03. The Kier molecular flexibility index (Phi) is 5.86. The van der Waals surface area contributed by atoms with E-state index in [0.717, 1.165) is 28.8 Å². The standard InChI is InChI=1S/C20H22N4OS/c1-15-7-9-17(10-8-15)25-12-11-24-14-16(13-22-23-20(26)21-2)18-5-3-4-6-19(18)24/h3-10,13-14H,11-12H2,1-2H3,(H2,21,23,26)/b22-13-. The van der Waals surface area contributed by atoms with Crippen molar-refractivity contribution in [3.05, 3.63) is 65.9 Å². The van der Waals surface area contributed by atoms with E-state index in [0.29, 0.717) is 11.7 Å². The van der Waals surface area contributed by atoms with Crippen LogP contribution in [-0.2, 0) is 6.54 Å². The summed E-state index contributed by atoms with van der Waals surface area (Å²) in [5, 5.41) is 8.64. The lowest BCUT2D eigenvalue weighted by atomic mass is 10.2. The van der Waals surface area contributed by atoms with Crippen molar-refractivity contribution in [1.82, 2.24) is 15.3 Å². The zero-order valence-corrected chi connectivity index (χ0v) is 15.7. The largest absolute Gasteiger partial charge is 0.492 e. The van der Waals surface area contributed by atoms with Crippen molar-refractivity contribution in [3.8, 4) is 5.75 Å². The highest BCUT2D eigenvalue weighted by Gasteiger charge is 2.06. The van der Waals surface area contributed by atoms with Crippen molar-refractivity contribution in [3.63, 3.8) is 0 Å². The predicted octanol–water partition coefficient (Wildman–Crippen LogP) is 3.46. The number of thiocarbonyl (C=S) groups is 1. The number of benzene rings is 2. The van der Waals surface area contributed by atoms with Gasteiger partial charge >= 0.3 is 0 Å². The Morgan fingerprint density at radius 2 is 1.96 bits per heavy atom.